The van der Waals surface area contributed by atoms with Crippen molar-refractivity contribution >= 4 is 22.4 Å². The van der Waals surface area contributed by atoms with Crippen LogP contribution in [0.3, 0.4) is 0 Å². The van der Waals surface area contributed by atoms with Crippen molar-refractivity contribution in [1.82, 2.24) is 9.78 Å². The summed E-state index contributed by atoms with van der Waals surface area (Å²) in [7, 11) is 0. The zero-order valence-corrected chi connectivity index (χ0v) is 14.9. The maximum atomic E-state index is 12.3. The maximum absolute atomic E-state index is 12.3. The molecule has 1 N–H and O–H groups in total. The Labute approximate surface area is 157 Å². The zero-order chi connectivity index (χ0) is 18.6. The molecule has 3 aromatic carbocycles. The molecular weight excluding hydrogens is 338 g/mol. The minimum Gasteiger partial charge on any atom is -0.484 e. The number of anilines is 1. The van der Waals surface area contributed by atoms with Crippen LogP contribution in [0.1, 0.15) is 5.69 Å². The summed E-state index contributed by atoms with van der Waals surface area (Å²) < 4.78 is 7.46. The fraction of sp³-hybridized carbons (Fsp3) is 0.0909. The van der Waals surface area contributed by atoms with Gasteiger partial charge in [0.05, 0.1) is 5.69 Å². The first-order chi connectivity index (χ1) is 13.2. The van der Waals surface area contributed by atoms with E-state index in [2.05, 4.69) is 10.4 Å². The lowest BCUT2D eigenvalue weighted by Gasteiger charge is -2.10. The molecule has 134 valence electrons. The second-order valence-corrected chi connectivity index (χ2v) is 6.28. The van der Waals surface area contributed by atoms with Crippen LogP contribution in [0.2, 0.25) is 0 Å². The molecule has 0 bridgehead atoms. The van der Waals surface area contributed by atoms with Crippen molar-refractivity contribution in [3.63, 3.8) is 0 Å². The van der Waals surface area contributed by atoms with E-state index >= 15 is 0 Å². The molecule has 0 fully saturated rings. The number of aryl methyl sites for hydroxylation is 1. The smallest absolute Gasteiger partial charge is 0.262 e. The Hall–Kier alpha value is -3.60. The van der Waals surface area contributed by atoms with Gasteiger partial charge in [0.1, 0.15) is 5.75 Å². The molecular formula is C22H19N3O2. The molecule has 27 heavy (non-hydrogen) atoms. The molecule has 1 aromatic heterocycles. The van der Waals surface area contributed by atoms with Gasteiger partial charge in [0.2, 0.25) is 0 Å². The van der Waals surface area contributed by atoms with Crippen LogP contribution in [0.5, 0.6) is 5.75 Å². The van der Waals surface area contributed by atoms with E-state index in [1.807, 2.05) is 84.4 Å². The molecule has 1 heterocycles. The van der Waals surface area contributed by atoms with Gasteiger partial charge in [-0.05, 0) is 54.1 Å². The van der Waals surface area contributed by atoms with Gasteiger partial charge in [0.15, 0.2) is 6.61 Å². The molecule has 0 spiro atoms. The van der Waals surface area contributed by atoms with Crippen molar-refractivity contribution in [2.75, 3.05) is 11.9 Å². The van der Waals surface area contributed by atoms with Gasteiger partial charge in [-0.25, -0.2) is 4.68 Å². The molecule has 0 unspecified atom stereocenters. The number of fused-ring (bicyclic) bond motifs is 1. The molecule has 0 atom stereocenters. The van der Waals surface area contributed by atoms with E-state index in [0.29, 0.717) is 11.4 Å². The molecule has 0 saturated carbocycles. The average molecular weight is 357 g/mol. The summed E-state index contributed by atoms with van der Waals surface area (Å²) in [6.07, 6.45) is 1.75. The molecule has 5 heteroatoms. The average Bonchev–Trinajstić information content (AvgIpc) is 3.12. The van der Waals surface area contributed by atoms with Crippen LogP contribution in [-0.4, -0.2) is 22.3 Å². The molecule has 0 aliphatic carbocycles. The Kier molecular flexibility index (Phi) is 4.58. The number of nitrogens with one attached hydrogen (secondary N) is 1. The van der Waals surface area contributed by atoms with Crippen LogP contribution in [-0.2, 0) is 4.79 Å². The van der Waals surface area contributed by atoms with E-state index in [9.17, 15) is 4.79 Å². The Morgan fingerprint density at radius 3 is 2.67 bits per heavy atom. The van der Waals surface area contributed by atoms with Gasteiger partial charge >= 0.3 is 0 Å². The van der Waals surface area contributed by atoms with E-state index in [0.717, 1.165) is 22.2 Å². The third kappa shape index (κ3) is 3.82. The van der Waals surface area contributed by atoms with Gasteiger partial charge in [0, 0.05) is 17.6 Å². The van der Waals surface area contributed by atoms with Crippen LogP contribution in [0, 0.1) is 6.92 Å². The predicted octanol–water partition coefficient (Wildman–Crippen LogP) is 4.35. The van der Waals surface area contributed by atoms with Crippen LogP contribution >= 0.6 is 0 Å². The van der Waals surface area contributed by atoms with Crippen molar-refractivity contribution in [3.05, 3.63) is 84.7 Å². The molecule has 0 aliphatic heterocycles. The first-order valence-electron chi connectivity index (χ1n) is 8.71. The lowest BCUT2D eigenvalue weighted by Crippen LogP contribution is -2.20. The highest BCUT2D eigenvalue weighted by Crippen LogP contribution is 2.21. The van der Waals surface area contributed by atoms with Gasteiger partial charge in [0.25, 0.3) is 5.91 Å². The summed E-state index contributed by atoms with van der Waals surface area (Å²) in [6.45, 7) is 1.93. The molecule has 0 saturated heterocycles. The second-order valence-electron chi connectivity index (χ2n) is 6.28. The fourth-order valence-corrected chi connectivity index (χ4v) is 2.96. The largest absolute Gasteiger partial charge is 0.484 e. The van der Waals surface area contributed by atoms with Gasteiger partial charge in [-0.15, -0.1) is 0 Å². The normalized spacial score (nSPS) is 10.7. The van der Waals surface area contributed by atoms with E-state index < -0.39 is 0 Å². The number of carbonyl (C=O) groups is 1. The number of nitrogens with zero attached hydrogens (tertiary/aromatic N) is 2. The molecule has 4 rings (SSSR count). The first kappa shape index (κ1) is 16.8. The van der Waals surface area contributed by atoms with Crippen molar-refractivity contribution < 1.29 is 9.53 Å². The van der Waals surface area contributed by atoms with E-state index in [1.165, 1.54) is 0 Å². The number of hydrogen-bond acceptors (Lipinski definition) is 3. The molecule has 0 aliphatic rings. The number of ether oxygens (including phenoxy) is 1. The van der Waals surface area contributed by atoms with Crippen LogP contribution < -0.4 is 10.1 Å². The van der Waals surface area contributed by atoms with Crippen LogP contribution in [0.25, 0.3) is 16.5 Å². The maximum Gasteiger partial charge on any atom is 0.262 e. The van der Waals surface area contributed by atoms with Crippen molar-refractivity contribution in [2.45, 2.75) is 6.92 Å². The Balaban J connectivity index is 1.41. The lowest BCUT2D eigenvalue weighted by molar-refractivity contribution is -0.118. The van der Waals surface area contributed by atoms with E-state index in [-0.39, 0.29) is 12.5 Å². The van der Waals surface area contributed by atoms with Gasteiger partial charge in [-0.2, -0.15) is 5.10 Å². The molecule has 0 radical (unpaired) electrons. The summed E-state index contributed by atoms with van der Waals surface area (Å²) >= 11 is 0. The Bertz CT molecular complexity index is 1100. The SMILES string of the molecule is Cc1ccnn1-c1cccc(NC(=O)COc2ccc3ccccc3c2)c1. The number of carbonyl (C=O) groups excluding carboxylic acids is 1. The van der Waals surface area contributed by atoms with Gasteiger partial charge < -0.3 is 10.1 Å². The fourth-order valence-electron chi connectivity index (χ4n) is 2.96. The van der Waals surface area contributed by atoms with E-state index in [1.54, 1.807) is 6.20 Å². The topological polar surface area (TPSA) is 56.2 Å². The van der Waals surface area contributed by atoms with Crippen molar-refractivity contribution in [3.8, 4) is 11.4 Å². The molecule has 4 aromatic rings. The highest BCUT2D eigenvalue weighted by molar-refractivity contribution is 5.92. The first-order valence-corrected chi connectivity index (χ1v) is 8.71. The minimum absolute atomic E-state index is 0.0522. The molecule has 1 amide bonds. The second kappa shape index (κ2) is 7.33. The highest BCUT2D eigenvalue weighted by atomic mass is 16.5. The van der Waals surface area contributed by atoms with Gasteiger partial charge in [-0.3, -0.25) is 4.79 Å². The third-order valence-electron chi connectivity index (χ3n) is 4.30. The van der Waals surface area contributed by atoms with Crippen LogP contribution in [0.4, 0.5) is 5.69 Å². The number of hydrogen-bond donors (Lipinski definition) is 1. The monoisotopic (exact) mass is 357 g/mol. The highest BCUT2D eigenvalue weighted by Gasteiger charge is 2.07. The summed E-state index contributed by atoms with van der Waals surface area (Å²) in [4.78, 5) is 12.3. The summed E-state index contributed by atoms with van der Waals surface area (Å²) in [5.41, 5.74) is 2.62. The van der Waals surface area contributed by atoms with E-state index in [4.69, 9.17) is 4.74 Å². The number of benzene rings is 3. The quantitative estimate of drug-likeness (QED) is 0.578. The summed E-state index contributed by atoms with van der Waals surface area (Å²) in [6, 6.07) is 23.3. The minimum atomic E-state index is -0.211. The summed E-state index contributed by atoms with van der Waals surface area (Å²) in [5, 5.41) is 9.37. The third-order valence-corrected chi connectivity index (χ3v) is 4.30. The number of rotatable bonds is 5. The predicted molar refractivity (Wildman–Crippen MR) is 106 cm³/mol. The van der Waals surface area contributed by atoms with Crippen LogP contribution in [0.15, 0.2) is 79.0 Å². The number of aromatic nitrogens is 2. The Morgan fingerprint density at radius 2 is 1.85 bits per heavy atom. The Morgan fingerprint density at radius 1 is 1.00 bits per heavy atom. The standard InChI is InChI=1S/C22H19N3O2/c1-16-11-12-23-25(16)20-8-4-7-19(14-20)24-22(26)15-27-21-10-9-17-5-2-3-6-18(17)13-21/h2-14H,15H2,1H3,(H,24,26). The number of amides is 1. The molecule has 5 nitrogen and oxygen atoms in total. The van der Waals surface area contributed by atoms with Crippen molar-refractivity contribution in [2.24, 2.45) is 0 Å². The summed E-state index contributed by atoms with van der Waals surface area (Å²) in [5.74, 6) is 0.460. The van der Waals surface area contributed by atoms with Crippen molar-refractivity contribution in [1.29, 1.82) is 0 Å². The zero-order valence-electron chi connectivity index (χ0n) is 14.9. The lowest BCUT2D eigenvalue weighted by atomic mass is 10.1. The van der Waals surface area contributed by atoms with Gasteiger partial charge in [-0.1, -0.05) is 36.4 Å².